The summed E-state index contributed by atoms with van der Waals surface area (Å²) >= 11 is 0. The van der Waals surface area contributed by atoms with Crippen LogP contribution in [-0.2, 0) is 9.32 Å². The molecule has 2 nitrogen and oxygen atoms in total. The van der Waals surface area contributed by atoms with Crippen LogP contribution < -0.4 is 0 Å². The molecule has 0 N–H and O–H groups in total. The van der Waals surface area contributed by atoms with Crippen LogP contribution in [0.3, 0.4) is 0 Å². The molecule has 20 heteroatoms. The van der Waals surface area contributed by atoms with E-state index in [0.29, 0.717) is 0 Å². The molecule has 172 valence electrons. The second kappa shape index (κ2) is 5.44. The first-order valence-electron chi connectivity index (χ1n) is 5.68. The van der Waals surface area contributed by atoms with Gasteiger partial charge in [-0.1, -0.05) is 0 Å². The molecular formula is C8H3F17O2P-. The second-order valence-corrected chi connectivity index (χ2v) is 9.52. The molecule has 0 saturated carbocycles. The molecule has 0 saturated heterocycles. The van der Waals surface area contributed by atoms with Crippen molar-refractivity contribution in [2.24, 2.45) is 0 Å². The third-order valence-corrected chi connectivity index (χ3v) is 8.26. The van der Waals surface area contributed by atoms with Crippen molar-refractivity contribution in [1.82, 2.24) is 0 Å². The number of halogens is 17. The zero-order valence-electron chi connectivity index (χ0n) is 12.2. The number of carbonyl (C=O) groups is 1. The van der Waals surface area contributed by atoms with Gasteiger partial charge >= 0.3 is 139 Å². The molecule has 0 fully saturated rings. The maximum absolute atomic E-state index is 14.6. The molecular weight excluding hydrogens is 482 g/mol. The average molecular weight is 485 g/mol. The molecule has 0 amide bonds. The van der Waals surface area contributed by atoms with Crippen molar-refractivity contribution in [1.29, 1.82) is 0 Å². The Bertz CT molecular complexity index is 590. The van der Waals surface area contributed by atoms with Crippen LogP contribution >= 0.6 is 6.79 Å². The molecule has 0 heterocycles. The van der Waals surface area contributed by atoms with Gasteiger partial charge in [0, 0.05) is 0 Å². The Kier molecular flexibility index (Phi) is 5.19. The van der Waals surface area contributed by atoms with Crippen LogP contribution in [0, 0.1) is 0 Å². The molecule has 0 atom stereocenters. The first-order valence-corrected chi connectivity index (χ1v) is 8.07. The first kappa shape index (κ1) is 26.7. The summed E-state index contributed by atoms with van der Waals surface area (Å²) in [4.78, 5) is 10.4. The van der Waals surface area contributed by atoms with E-state index in [9.17, 15) is 79.0 Å². The van der Waals surface area contributed by atoms with Crippen molar-refractivity contribution < 1.29 is 83.6 Å². The first-order chi connectivity index (χ1) is 11.5. The van der Waals surface area contributed by atoms with Gasteiger partial charge in [-0.25, -0.2) is 0 Å². The summed E-state index contributed by atoms with van der Waals surface area (Å²) in [5.41, 5.74) is -28.6. The number of alkyl halides is 15. The van der Waals surface area contributed by atoms with Gasteiger partial charge < -0.3 is 0 Å². The molecule has 0 spiro atoms. The Morgan fingerprint density at radius 3 is 0.857 bits per heavy atom. The topological polar surface area (TPSA) is 26.3 Å². The van der Waals surface area contributed by atoms with Crippen molar-refractivity contribution in [3.63, 3.8) is 0 Å². The molecule has 0 radical (unpaired) electrons. The Hall–Kier alpha value is -1.29. The van der Waals surface area contributed by atoms with E-state index in [-0.39, 0.29) is 0 Å². The molecule has 0 aliphatic heterocycles. The molecule has 0 bridgehead atoms. The van der Waals surface area contributed by atoms with Gasteiger partial charge in [0.05, 0.1) is 0 Å². The van der Waals surface area contributed by atoms with Crippen LogP contribution in [0.2, 0.25) is 0 Å². The predicted molar refractivity (Wildman–Crippen MR) is 53.9 cm³/mol. The molecule has 0 aliphatic rings. The summed E-state index contributed by atoms with van der Waals surface area (Å²) in [7, 11) is 0. The molecule has 0 aromatic carbocycles. The van der Waals surface area contributed by atoms with Gasteiger partial charge in [0.1, 0.15) is 0 Å². The monoisotopic (exact) mass is 485 g/mol. The Morgan fingerprint density at radius 2 is 0.750 bits per heavy atom. The average Bonchev–Trinajstić information content (AvgIpc) is 2.32. The van der Waals surface area contributed by atoms with Crippen LogP contribution in [0.25, 0.3) is 0 Å². The molecule has 28 heavy (non-hydrogen) atoms. The summed E-state index contributed by atoms with van der Waals surface area (Å²) < 4.78 is 222. The Balaban J connectivity index is 8.43. The van der Waals surface area contributed by atoms with E-state index in [2.05, 4.69) is 0 Å². The van der Waals surface area contributed by atoms with Crippen LogP contribution in [0.4, 0.5) is 74.3 Å². The van der Waals surface area contributed by atoms with E-state index in [1.54, 1.807) is 0 Å². The molecule has 0 rings (SSSR count). The minimum absolute atomic E-state index is 0.977. The fourth-order valence-electron chi connectivity index (χ4n) is 1.81. The van der Waals surface area contributed by atoms with E-state index >= 15 is 0 Å². The Labute approximate surface area is 140 Å². The molecule has 0 unspecified atom stereocenters. The van der Waals surface area contributed by atoms with E-state index in [4.69, 9.17) is 0 Å². The van der Waals surface area contributed by atoms with Gasteiger partial charge in [-0.2, -0.15) is 0 Å². The summed E-state index contributed by atoms with van der Waals surface area (Å²) in [6, 6.07) is 0. The van der Waals surface area contributed by atoms with Gasteiger partial charge in [-0.3, -0.25) is 0 Å². The van der Waals surface area contributed by atoms with E-state index in [1.807, 2.05) is 0 Å². The zero-order valence-corrected chi connectivity index (χ0v) is 13.1. The van der Waals surface area contributed by atoms with Crippen LogP contribution in [0.5, 0.6) is 0 Å². The van der Waals surface area contributed by atoms with Crippen molar-refractivity contribution in [3.05, 3.63) is 0 Å². The van der Waals surface area contributed by atoms with Gasteiger partial charge in [-0.05, 0) is 0 Å². The summed E-state index contributed by atoms with van der Waals surface area (Å²) in [6.45, 7) is -15.5. The quantitative estimate of drug-likeness (QED) is 0.324. The van der Waals surface area contributed by atoms with Gasteiger partial charge in [0.25, 0.3) is 0 Å². The van der Waals surface area contributed by atoms with E-state index in [1.165, 1.54) is 4.52 Å². The third-order valence-electron chi connectivity index (χ3n) is 3.18. The standard InChI is InChI=1S/C8H3F17O2P/c1-2(26)27-28(24,25,6(18,19)3(9,10)11,7(20,21)4(12,13)14)8(22,23)5(15,16)17/h1H3/q-1. The van der Waals surface area contributed by atoms with Gasteiger partial charge in [0.2, 0.25) is 0 Å². The van der Waals surface area contributed by atoms with E-state index < -0.39 is 55.2 Å². The van der Waals surface area contributed by atoms with Crippen molar-refractivity contribution in [2.75, 3.05) is 0 Å². The molecule has 0 aliphatic carbocycles. The zero-order chi connectivity index (χ0) is 23.7. The van der Waals surface area contributed by atoms with Crippen LogP contribution in [-0.4, -0.2) is 41.5 Å². The SMILES string of the molecule is CC(=O)O[P-](F)(F)(C(F)(F)C(F)(F)F)(C(F)(F)C(F)(F)F)C(F)(F)C(F)(F)F. The van der Waals surface area contributed by atoms with Gasteiger partial charge in [0.15, 0.2) is 0 Å². The third kappa shape index (κ3) is 2.30. The summed E-state index contributed by atoms with van der Waals surface area (Å²) in [5.74, 6) is -3.85. The van der Waals surface area contributed by atoms with Crippen LogP contribution in [0.15, 0.2) is 0 Å². The molecule has 0 aromatic rings. The van der Waals surface area contributed by atoms with Crippen molar-refractivity contribution in [2.45, 2.75) is 42.4 Å². The molecule has 0 aromatic heterocycles. The van der Waals surface area contributed by atoms with E-state index in [0.717, 1.165) is 0 Å². The summed E-state index contributed by atoms with van der Waals surface area (Å²) in [5, 5.41) is 0. The normalized spacial score (nSPS) is 18.4. The number of hydrogen-bond donors (Lipinski definition) is 0. The summed E-state index contributed by atoms with van der Waals surface area (Å²) in [6.07, 6.45) is -25.9. The maximum atomic E-state index is 14.6. The van der Waals surface area contributed by atoms with Crippen LogP contribution in [0.1, 0.15) is 6.92 Å². The number of hydrogen-bond acceptors (Lipinski definition) is 2. The predicted octanol–water partition coefficient (Wildman–Crippen LogP) is 6.79. The van der Waals surface area contributed by atoms with Crippen molar-refractivity contribution in [3.8, 4) is 0 Å². The second-order valence-electron chi connectivity index (χ2n) is 5.02. The fraction of sp³-hybridized carbons (Fsp3) is 0.875. The Morgan fingerprint density at radius 1 is 0.571 bits per heavy atom. The fourth-order valence-corrected chi connectivity index (χ4v) is 5.44. The van der Waals surface area contributed by atoms with Crippen molar-refractivity contribution >= 4 is 12.8 Å². The van der Waals surface area contributed by atoms with Gasteiger partial charge in [-0.15, -0.1) is 0 Å². The number of rotatable bonds is 4. The minimum atomic E-state index is -14.5. The number of carbonyl (C=O) groups excluding carboxylic acids is 1.